The summed E-state index contributed by atoms with van der Waals surface area (Å²) in [6.45, 7) is 1.48. The summed E-state index contributed by atoms with van der Waals surface area (Å²) in [6, 6.07) is 15.8. The number of anilines is 1. The summed E-state index contributed by atoms with van der Waals surface area (Å²) in [5, 5.41) is 3.05. The summed E-state index contributed by atoms with van der Waals surface area (Å²) in [7, 11) is -3.71. The first-order chi connectivity index (χ1) is 14.2. The van der Waals surface area contributed by atoms with E-state index in [1.807, 2.05) is 0 Å². The lowest BCUT2D eigenvalue weighted by Gasteiger charge is -2.15. The molecule has 0 saturated heterocycles. The average molecular weight is 513 g/mol. The number of rotatable bonds is 6. The normalized spacial score (nSPS) is 12.3. The summed E-state index contributed by atoms with van der Waals surface area (Å²) >= 11 is 8.95. The van der Waals surface area contributed by atoms with Crippen molar-refractivity contribution >= 4 is 49.0 Å². The monoisotopic (exact) mass is 511 g/mol. The lowest BCUT2D eigenvalue weighted by molar-refractivity contribution is -0.122. The Balaban J connectivity index is 1.69. The van der Waals surface area contributed by atoms with Gasteiger partial charge in [0, 0.05) is 15.2 Å². The van der Waals surface area contributed by atoms with Crippen molar-refractivity contribution in [3.05, 3.63) is 82.0 Å². The Kier molecular flexibility index (Phi) is 6.80. The van der Waals surface area contributed by atoms with Gasteiger partial charge >= 0.3 is 0 Å². The molecule has 5 nitrogen and oxygen atoms in total. The fourth-order valence-corrected chi connectivity index (χ4v) is 4.25. The van der Waals surface area contributed by atoms with Crippen LogP contribution in [-0.4, -0.2) is 20.4 Å². The van der Waals surface area contributed by atoms with Gasteiger partial charge in [-0.25, -0.2) is 12.8 Å². The van der Waals surface area contributed by atoms with E-state index in [1.165, 1.54) is 67.6 Å². The first-order valence-electron chi connectivity index (χ1n) is 8.70. The Morgan fingerprint density at radius 2 is 1.60 bits per heavy atom. The highest BCUT2D eigenvalue weighted by atomic mass is 79.9. The van der Waals surface area contributed by atoms with Crippen molar-refractivity contribution in [2.24, 2.45) is 0 Å². The fraction of sp³-hybridized carbons (Fsp3) is 0.0952. The maximum absolute atomic E-state index is 13.9. The summed E-state index contributed by atoms with van der Waals surface area (Å²) < 4.78 is 45.1. The van der Waals surface area contributed by atoms with Gasteiger partial charge in [0.1, 0.15) is 0 Å². The topological polar surface area (TPSA) is 72.5 Å². The molecule has 0 saturated carbocycles. The minimum atomic E-state index is -3.71. The molecule has 0 aromatic heterocycles. The summed E-state index contributed by atoms with van der Waals surface area (Å²) in [6.07, 6.45) is -0.974. The third-order valence-corrected chi connectivity index (χ3v) is 6.65. The van der Waals surface area contributed by atoms with Crippen molar-refractivity contribution in [2.75, 3.05) is 5.32 Å². The van der Waals surface area contributed by atoms with Crippen molar-refractivity contribution in [3.63, 3.8) is 0 Å². The number of sulfone groups is 1. The van der Waals surface area contributed by atoms with Crippen molar-refractivity contribution < 1.29 is 22.3 Å². The van der Waals surface area contributed by atoms with E-state index in [0.717, 1.165) is 0 Å². The molecule has 30 heavy (non-hydrogen) atoms. The summed E-state index contributed by atoms with van der Waals surface area (Å²) in [4.78, 5) is 12.5. The highest BCUT2D eigenvalue weighted by Gasteiger charge is 2.19. The van der Waals surface area contributed by atoms with Gasteiger partial charge in [-0.05, 0) is 73.7 Å². The molecule has 1 amide bonds. The maximum Gasteiger partial charge on any atom is 0.265 e. The second-order valence-corrected chi connectivity index (χ2v) is 9.61. The largest absolute Gasteiger partial charge is 0.478 e. The van der Waals surface area contributed by atoms with Crippen LogP contribution in [0.15, 0.2) is 81.0 Å². The molecular weight excluding hydrogens is 497 g/mol. The van der Waals surface area contributed by atoms with Crippen LogP contribution in [0.5, 0.6) is 5.75 Å². The van der Waals surface area contributed by atoms with Gasteiger partial charge in [-0.15, -0.1) is 0 Å². The van der Waals surface area contributed by atoms with Crippen LogP contribution in [0.1, 0.15) is 6.92 Å². The van der Waals surface area contributed by atoms with Crippen LogP contribution in [0, 0.1) is 5.82 Å². The first-order valence-corrected chi connectivity index (χ1v) is 11.4. The average Bonchev–Trinajstić information content (AvgIpc) is 2.70. The van der Waals surface area contributed by atoms with Gasteiger partial charge in [0.2, 0.25) is 9.84 Å². The van der Waals surface area contributed by atoms with Gasteiger partial charge in [-0.1, -0.05) is 27.5 Å². The fourth-order valence-electron chi connectivity index (χ4n) is 2.53. The first kappa shape index (κ1) is 22.3. The zero-order chi connectivity index (χ0) is 21.9. The predicted molar refractivity (Wildman–Crippen MR) is 116 cm³/mol. The number of nitrogens with one attached hydrogen (secondary N) is 1. The van der Waals surface area contributed by atoms with Gasteiger partial charge in [0.25, 0.3) is 5.91 Å². The van der Waals surface area contributed by atoms with E-state index in [9.17, 15) is 17.6 Å². The molecule has 3 aromatic carbocycles. The minimum Gasteiger partial charge on any atom is -0.478 e. The van der Waals surface area contributed by atoms with Crippen LogP contribution < -0.4 is 10.1 Å². The van der Waals surface area contributed by atoms with Crippen LogP contribution in [0.4, 0.5) is 10.1 Å². The van der Waals surface area contributed by atoms with Crippen molar-refractivity contribution in [1.29, 1.82) is 0 Å². The van der Waals surface area contributed by atoms with Crippen LogP contribution in [-0.2, 0) is 14.6 Å². The lowest BCUT2D eigenvalue weighted by atomic mass is 10.3. The zero-order valence-electron chi connectivity index (χ0n) is 15.6. The van der Waals surface area contributed by atoms with Gasteiger partial charge < -0.3 is 10.1 Å². The lowest BCUT2D eigenvalue weighted by Crippen LogP contribution is -2.30. The number of ether oxygens (including phenoxy) is 1. The maximum atomic E-state index is 13.9. The molecule has 0 fully saturated rings. The van der Waals surface area contributed by atoms with Crippen molar-refractivity contribution in [2.45, 2.75) is 22.8 Å². The zero-order valence-corrected chi connectivity index (χ0v) is 18.8. The predicted octanol–water partition coefficient (Wildman–Crippen LogP) is 5.48. The molecule has 0 aliphatic carbocycles. The van der Waals surface area contributed by atoms with E-state index in [1.54, 1.807) is 6.07 Å². The number of hydrogen-bond acceptors (Lipinski definition) is 4. The number of halogens is 3. The molecule has 9 heteroatoms. The minimum absolute atomic E-state index is 0.0507. The molecule has 0 heterocycles. The third kappa shape index (κ3) is 5.19. The number of hydrogen-bond donors (Lipinski definition) is 1. The third-order valence-electron chi connectivity index (χ3n) is 4.12. The Morgan fingerprint density at radius 1 is 1.03 bits per heavy atom. The molecule has 1 atom stereocenters. The molecule has 1 unspecified atom stereocenters. The van der Waals surface area contributed by atoms with Crippen LogP contribution in [0.3, 0.4) is 0 Å². The molecule has 3 aromatic rings. The Morgan fingerprint density at radius 3 is 2.17 bits per heavy atom. The van der Waals surface area contributed by atoms with E-state index in [2.05, 4.69) is 21.2 Å². The highest BCUT2D eigenvalue weighted by Crippen LogP contribution is 2.25. The summed E-state index contributed by atoms with van der Waals surface area (Å²) in [5.74, 6) is -1.16. The van der Waals surface area contributed by atoms with E-state index in [0.29, 0.717) is 15.2 Å². The Labute approximate surface area is 186 Å². The van der Waals surface area contributed by atoms with Gasteiger partial charge in [0.05, 0.1) is 9.79 Å². The number of carbonyl (C=O) groups excluding carboxylic acids is 1. The van der Waals surface area contributed by atoms with Gasteiger partial charge in [-0.3, -0.25) is 4.79 Å². The molecule has 3 rings (SSSR count). The molecule has 1 N–H and O–H groups in total. The van der Waals surface area contributed by atoms with Gasteiger partial charge in [0.15, 0.2) is 17.7 Å². The van der Waals surface area contributed by atoms with Crippen LogP contribution in [0.2, 0.25) is 5.02 Å². The van der Waals surface area contributed by atoms with E-state index >= 15 is 0 Å². The highest BCUT2D eigenvalue weighted by molar-refractivity contribution is 9.10. The van der Waals surface area contributed by atoms with E-state index in [-0.39, 0.29) is 15.5 Å². The molecule has 156 valence electrons. The number of benzene rings is 3. The van der Waals surface area contributed by atoms with Crippen molar-refractivity contribution in [3.8, 4) is 5.75 Å². The van der Waals surface area contributed by atoms with Crippen LogP contribution in [0.25, 0.3) is 0 Å². The molecule has 0 radical (unpaired) electrons. The second-order valence-electron chi connectivity index (χ2n) is 6.31. The van der Waals surface area contributed by atoms with Crippen molar-refractivity contribution in [1.82, 2.24) is 0 Å². The Hall–Kier alpha value is -2.42. The van der Waals surface area contributed by atoms with Crippen LogP contribution >= 0.6 is 27.5 Å². The van der Waals surface area contributed by atoms with E-state index in [4.69, 9.17) is 16.3 Å². The smallest absolute Gasteiger partial charge is 0.265 e. The molecular formula is C21H16BrClFNO4S. The molecule has 0 aliphatic heterocycles. The summed E-state index contributed by atoms with van der Waals surface area (Å²) in [5.41, 5.74) is 0.377. The molecule has 0 aliphatic rings. The quantitative estimate of drug-likeness (QED) is 0.475. The Bertz CT molecular complexity index is 1170. The second kappa shape index (κ2) is 9.16. The molecule has 0 spiro atoms. The number of carbonyl (C=O) groups is 1. The standard InChI is InChI=1S/C21H16BrClFNO4S/c1-13(29-20-11-2-14(22)12-19(20)24)21(26)25-16-5-9-18(10-6-16)30(27,28)17-7-3-15(23)4-8-17/h2-13H,1H3,(H,25,26). The number of amides is 1. The van der Waals surface area contributed by atoms with Gasteiger partial charge in [-0.2, -0.15) is 0 Å². The molecule has 0 bridgehead atoms. The van der Waals surface area contributed by atoms with E-state index < -0.39 is 27.7 Å². The SMILES string of the molecule is CC(Oc1ccc(Br)cc1F)C(=O)Nc1ccc(S(=O)(=O)c2ccc(Cl)cc2)cc1.